The van der Waals surface area contributed by atoms with Crippen LogP contribution in [0.3, 0.4) is 0 Å². The van der Waals surface area contributed by atoms with Gasteiger partial charge in [0.25, 0.3) is 0 Å². The zero-order valence-corrected chi connectivity index (χ0v) is 18.1. The third-order valence-corrected chi connectivity index (χ3v) is 5.61. The number of amides is 1. The molecular formula is C19H16Cl2F2N2O4S. The van der Waals surface area contributed by atoms with Gasteiger partial charge < -0.3 is 14.2 Å². The summed E-state index contributed by atoms with van der Waals surface area (Å²) in [5, 5.41) is 2.71. The van der Waals surface area contributed by atoms with Crippen molar-refractivity contribution in [3.63, 3.8) is 0 Å². The molecule has 0 radical (unpaired) electrons. The minimum atomic E-state index is -0.825. The number of halogens is 4. The van der Waals surface area contributed by atoms with Gasteiger partial charge in [-0.05, 0) is 19.1 Å². The van der Waals surface area contributed by atoms with Crippen LogP contribution in [0.4, 0.5) is 18.7 Å². The number of hydrogen-bond acceptors (Lipinski definition) is 6. The molecule has 0 saturated carbocycles. The third-order valence-electron chi connectivity index (χ3n) is 3.96. The first-order chi connectivity index (χ1) is 14.3. The van der Waals surface area contributed by atoms with Gasteiger partial charge in [0.1, 0.15) is 18.5 Å². The van der Waals surface area contributed by atoms with E-state index in [2.05, 4.69) is 10.3 Å². The number of carbonyl (C=O) groups is 1. The molecule has 2 aromatic carbocycles. The topological polar surface area (TPSA) is 69.7 Å². The molecule has 0 spiro atoms. The van der Waals surface area contributed by atoms with E-state index in [-0.39, 0.29) is 39.7 Å². The highest BCUT2D eigenvalue weighted by Gasteiger charge is 2.21. The second-order valence-electron chi connectivity index (χ2n) is 6.04. The summed E-state index contributed by atoms with van der Waals surface area (Å²) in [6.45, 7) is 1.92. The van der Waals surface area contributed by atoms with Crippen LogP contribution in [0.1, 0.15) is 18.6 Å². The normalized spacial score (nSPS) is 12.1. The number of nitrogens with one attached hydrogen (secondary N) is 1. The number of hydrogen-bond donors (Lipinski definition) is 1. The minimum Gasteiger partial charge on any atom is -0.483 e. The molecule has 0 aliphatic carbocycles. The molecule has 6 nitrogen and oxygen atoms in total. The maximum Gasteiger partial charge on any atom is 0.413 e. The van der Waals surface area contributed by atoms with Crippen LogP contribution in [-0.4, -0.2) is 31.4 Å². The summed E-state index contributed by atoms with van der Waals surface area (Å²) in [5.74, 6) is -1.43. The van der Waals surface area contributed by atoms with Crippen molar-refractivity contribution in [2.45, 2.75) is 13.0 Å². The Kier molecular flexibility index (Phi) is 7.30. The number of carbonyl (C=O) groups excluding carboxylic acids is 1. The zero-order chi connectivity index (χ0) is 21.8. The van der Waals surface area contributed by atoms with E-state index < -0.39 is 23.8 Å². The number of aromatic nitrogens is 1. The highest BCUT2D eigenvalue weighted by molar-refractivity contribution is 7.22. The summed E-state index contributed by atoms with van der Waals surface area (Å²) >= 11 is 13.2. The lowest BCUT2D eigenvalue weighted by atomic mass is 10.1. The summed E-state index contributed by atoms with van der Waals surface area (Å²) < 4.78 is 44.2. The van der Waals surface area contributed by atoms with E-state index in [0.29, 0.717) is 10.2 Å². The molecule has 3 rings (SSSR count). The van der Waals surface area contributed by atoms with Gasteiger partial charge >= 0.3 is 6.09 Å². The molecular weight excluding hydrogens is 461 g/mol. The molecule has 1 heterocycles. The highest BCUT2D eigenvalue weighted by atomic mass is 35.5. The lowest BCUT2D eigenvalue weighted by molar-refractivity contribution is 0.107. The standard InChI is InChI=1S/C19H16Cl2F2N2O4S/c1-9(16-10(20)3-4-11(22)17(16)21)29-14-8-15-13(7-12(14)23)24-18(30-15)25-19(26)28-6-5-27-2/h3-4,7-9H,5-6H2,1-2H3,(H,24,25,26). The summed E-state index contributed by atoms with van der Waals surface area (Å²) in [4.78, 5) is 15.9. The minimum absolute atomic E-state index is 0.0862. The van der Waals surface area contributed by atoms with Gasteiger partial charge in [0.15, 0.2) is 16.7 Å². The van der Waals surface area contributed by atoms with Crippen molar-refractivity contribution >= 4 is 56.0 Å². The average Bonchev–Trinajstić information content (AvgIpc) is 3.06. The second kappa shape index (κ2) is 9.74. The molecule has 0 bridgehead atoms. The predicted molar refractivity (Wildman–Crippen MR) is 112 cm³/mol. The Bertz CT molecular complexity index is 1080. The van der Waals surface area contributed by atoms with Crippen LogP contribution in [0.25, 0.3) is 10.2 Å². The van der Waals surface area contributed by atoms with Crippen molar-refractivity contribution in [2.75, 3.05) is 25.6 Å². The largest absolute Gasteiger partial charge is 0.483 e. The Hall–Kier alpha value is -2.20. The molecule has 1 unspecified atom stereocenters. The van der Waals surface area contributed by atoms with E-state index in [4.69, 9.17) is 37.4 Å². The molecule has 1 N–H and O–H groups in total. The first kappa shape index (κ1) is 22.5. The first-order valence-corrected chi connectivity index (χ1v) is 10.2. The van der Waals surface area contributed by atoms with Gasteiger partial charge in [-0.2, -0.15) is 0 Å². The SMILES string of the molecule is COCCOC(=O)Nc1nc2cc(F)c(OC(C)c3c(Cl)ccc(F)c3Cl)cc2s1. The Morgan fingerprint density at radius 2 is 2.00 bits per heavy atom. The average molecular weight is 477 g/mol. The molecule has 1 atom stereocenters. The second-order valence-corrected chi connectivity index (χ2v) is 7.86. The number of thiazole rings is 1. The Morgan fingerprint density at radius 1 is 1.23 bits per heavy atom. The summed E-state index contributed by atoms with van der Waals surface area (Å²) in [7, 11) is 1.49. The van der Waals surface area contributed by atoms with E-state index in [1.54, 1.807) is 6.92 Å². The Morgan fingerprint density at radius 3 is 2.73 bits per heavy atom. The number of nitrogens with zero attached hydrogens (tertiary/aromatic N) is 1. The zero-order valence-electron chi connectivity index (χ0n) is 15.8. The molecule has 1 aromatic heterocycles. The van der Waals surface area contributed by atoms with Crippen molar-refractivity contribution in [1.82, 2.24) is 4.98 Å². The van der Waals surface area contributed by atoms with Gasteiger partial charge in [0.2, 0.25) is 0 Å². The van der Waals surface area contributed by atoms with Crippen LogP contribution < -0.4 is 10.1 Å². The lowest BCUT2D eigenvalue weighted by Gasteiger charge is -2.18. The van der Waals surface area contributed by atoms with E-state index in [1.165, 1.54) is 25.3 Å². The van der Waals surface area contributed by atoms with Crippen LogP contribution in [-0.2, 0) is 9.47 Å². The summed E-state index contributed by atoms with van der Waals surface area (Å²) in [6, 6.07) is 5.09. The number of benzene rings is 2. The quantitative estimate of drug-likeness (QED) is 0.323. The van der Waals surface area contributed by atoms with E-state index >= 15 is 0 Å². The number of fused-ring (bicyclic) bond motifs is 1. The van der Waals surface area contributed by atoms with Gasteiger partial charge in [-0.3, -0.25) is 5.32 Å². The molecule has 0 aliphatic heterocycles. The fourth-order valence-electron chi connectivity index (χ4n) is 2.58. The monoisotopic (exact) mass is 476 g/mol. The molecule has 160 valence electrons. The van der Waals surface area contributed by atoms with Gasteiger partial charge in [0.05, 0.1) is 21.8 Å². The smallest absolute Gasteiger partial charge is 0.413 e. The van der Waals surface area contributed by atoms with Crippen LogP contribution in [0.5, 0.6) is 5.75 Å². The summed E-state index contributed by atoms with van der Waals surface area (Å²) in [6.07, 6.45) is -1.53. The maximum absolute atomic E-state index is 14.5. The van der Waals surface area contributed by atoms with Crippen LogP contribution >= 0.6 is 34.5 Å². The van der Waals surface area contributed by atoms with Gasteiger partial charge in [-0.15, -0.1) is 0 Å². The van der Waals surface area contributed by atoms with Crippen LogP contribution in [0, 0.1) is 11.6 Å². The van der Waals surface area contributed by atoms with E-state index in [1.807, 2.05) is 0 Å². The number of methoxy groups -OCH3 is 1. The fraction of sp³-hybridized carbons (Fsp3) is 0.263. The van der Waals surface area contributed by atoms with Gasteiger partial charge in [-0.1, -0.05) is 34.5 Å². The van der Waals surface area contributed by atoms with E-state index in [9.17, 15) is 13.6 Å². The predicted octanol–water partition coefficient (Wildman–Crippen LogP) is 6.22. The van der Waals surface area contributed by atoms with Gasteiger partial charge in [0, 0.05) is 29.8 Å². The molecule has 0 fully saturated rings. The molecule has 0 aliphatic rings. The molecule has 0 saturated heterocycles. The third kappa shape index (κ3) is 5.10. The molecule has 3 aromatic rings. The van der Waals surface area contributed by atoms with Crippen LogP contribution in [0.2, 0.25) is 10.0 Å². The van der Waals surface area contributed by atoms with Crippen molar-refractivity contribution in [3.05, 3.63) is 51.5 Å². The van der Waals surface area contributed by atoms with Crippen LogP contribution in [0.15, 0.2) is 24.3 Å². The highest BCUT2D eigenvalue weighted by Crippen LogP contribution is 2.37. The molecule has 1 amide bonds. The van der Waals surface area contributed by atoms with Crippen molar-refractivity contribution in [2.24, 2.45) is 0 Å². The van der Waals surface area contributed by atoms with Crippen molar-refractivity contribution in [1.29, 1.82) is 0 Å². The van der Waals surface area contributed by atoms with Gasteiger partial charge in [-0.25, -0.2) is 18.6 Å². The first-order valence-electron chi connectivity index (χ1n) is 8.63. The fourth-order valence-corrected chi connectivity index (χ4v) is 4.12. The Balaban J connectivity index is 1.80. The van der Waals surface area contributed by atoms with E-state index in [0.717, 1.165) is 17.4 Å². The van der Waals surface area contributed by atoms with Crippen molar-refractivity contribution in [3.8, 4) is 5.75 Å². The number of rotatable bonds is 7. The molecule has 11 heteroatoms. The lowest BCUT2D eigenvalue weighted by Crippen LogP contribution is -2.16. The van der Waals surface area contributed by atoms with Crippen molar-refractivity contribution < 1.29 is 27.8 Å². The number of anilines is 1. The molecule has 30 heavy (non-hydrogen) atoms. The Labute approximate surface area is 184 Å². The number of ether oxygens (including phenoxy) is 3. The maximum atomic E-state index is 14.5. The summed E-state index contributed by atoms with van der Waals surface area (Å²) in [5.41, 5.74) is 0.537.